The standard InChI is InChI=1S/C21H21NO3/c1-13-8-10-16(11-9-13)19-14(2)25-15(3)20(19)21(23)22-17-6-5-7-18(12-17)24-4/h5-12H,1-4H3,(H,22,23). The third kappa shape index (κ3) is 3.43. The molecule has 1 N–H and O–H groups in total. The van der Waals surface area contributed by atoms with E-state index in [9.17, 15) is 4.79 Å². The lowest BCUT2D eigenvalue weighted by Gasteiger charge is -2.09. The van der Waals surface area contributed by atoms with Gasteiger partial charge >= 0.3 is 0 Å². The van der Waals surface area contributed by atoms with Crippen LogP contribution in [0.1, 0.15) is 27.4 Å². The molecule has 1 heterocycles. The molecule has 3 rings (SSSR count). The van der Waals surface area contributed by atoms with E-state index in [0.717, 1.165) is 16.9 Å². The van der Waals surface area contributed by atoms with E-state index in [1.54, 1.807) is 13.2 Å². The molecule has 0 aliphatic rings. The van der Waals surface area contributed by atoms with Crippen molar-refractivity contribution in [3.8, 4) is 16.9 Å². The summed E-state index contributed by atoms with van der Waals surface area (Å²) in [6, 6.07) is 15.4. The molecular formula is C21H21NO3. The van der Waals surface area contributed by atoms with Gasteiger partial charge < -0.3 is 14.5 Å². The lowest BCUT2D eigenvalue weighted by Crippen LogP contribution is -2.13. The van der Waals surface area contributed by atoms with E-state index in [-0.39, 0.29) is 5.91 Å². The molecule has 128 valence electrons. The van der Waals surface area contributed by atoms with Crippen molar-refractivity contribution in [1.82, 2.24) is 0 Å². The third-order valence-corrected chi connectivity index (χ3v) is 4.16. The Labute approximate surface area is 147 Å². The summed E-state index contributed by atoms with van der Waals surface area (Å²) >= 11 is 0. The second-order valence-corrected chi connectivity index (χ2v) is 6.02. The van der Waals surface area contributed by atoms with Gasteiger partial charge in [0.15, 0.2) is 0 Å². The van der Waals surface area contributed by atoms with Gasteiger partial charge in [0.25, 0.3) is 5.91 Å². The first kappa shape index (κ1) is 16.8. The Balaban J connectivity index is 1.98. The largest absolute Gasteiger partial charge is 0.497 e. The topological polar surface area (TPSA) is 51.5 Å². The average molecular weight is 335 g/mol. The monoisotopic (exact) mass is 335 g/mol. The lowest BCUT2D eigenvalue weighted by atomic mass is 9.99. The van der Waals surface area contributed by atoms with Gasteiger partial charge in [0, 0.05) is 17.3 Å². The molecule has 0 bridgehead atoms. The van der Waals surface area contributed by atoms with Gasteiger partial charge in [0.05, 0.1) is 12.7 Å². The van der Waals surface area contributed by atoms with Crippen LogP contribution in [0, 0.1) is 20.8 Å². The van der Waals surface area contributed by atoms with Crippen LogP contribution in [0.5, 0.6) is 5.75 Å². The highest BCUT2D eigenvalue weighted by atomic mass is 16.5. The van der Waals surface area contributed by atoms with E-state index in [1.165, 1.54) is 5.56 Å². The third-order valence-electron chi connectivity index (χ3n) is 4.16. The van der Waals surface area contributed by atoms with Gasteiger partial charge in [-0.3, -0.25) is 4.79 Å². The first-order valence-electron chi connectivity index (χ1n) is 8.12. The van der Waals surface area contributed by atoms with Crippen molar-refractivity contribution >= 4 is 11.6 Å². The van der Waals surface area contributed by atoms with Crippen molar-refractivity contribution in [1.29, 1.82) is 0 Å². The molecule has 2 aromatic carbocycles. The fraction of sp³-hybridized carbons (Fsp3) is 0.190. The fourth-order valence-corrected chi connectivity index (χ4v) is 2.92. The van der Waals surface area contributed by atoms with Crippen LogP contribution in [-0.4, -0.2) is 13.0 Å². The van der Waals surface area contributed by atoms with E-state index in [4.69, 9.17) is 9.15 Å². The van der Waals surface area contributed by atoms with Crippen LogP contribution in [0.2, 0.25) is 0 Å². The summed E-state index contributed by atoms with van der Waals surface area (Å²) in [5, 5.41) is 2.93. The highest BCUT2D eigenvalue weighted by molar-refractivity contribution is 6.10. The first-order chi connectivity index (χ1) is 12.0. The van der Waals surface area contributed by atoms with Crippen molar-refractivity contribution in [2.24, 2.45) is 0 Å². The number of carbonyl (C=O) groups is 1. The van der Waals surface area contributed by atoms with Crippen LogP contribution in [0.4, 0.5) is 5.69 Å². The number of amides is 1. The fourth-order valence-electron chi connectivity index (χ4n) is 2.92. The highest BCUT2D eigenvalue weighted by Gasteiger charge is 2.22. The number of rotatable bonds is 4. The maximum absolute atomic E-state index is 12.9. The molecular weight excluding hydrogens is 314 g/mol. The van der Waals surface area contributed by atoms with Crippen molar-refractivity contribution < 1.29 is 13.9 Å². The number of furan rings is 1. The van der Waals surface area contributed by atoms with E-state index in [0.29, 0.717) is 22.8 Å². The van der Waals surface area contributed by atoms with Gasteiger partial charge in [-0.25, -0.2) is 0 Å². The number of carbonyl (C=O) groups excluding carboxylic acids is 1. The minimum Gasteiger partial charge on any atom is -0.497 e. The second kappa shape index (κ2) is 6.85. The molecule has 0 fully saturated rings. The van der Waals surface area contributed by atoms with E-state index in [2.05, 4.69) is 5.32 Å². The number of nitrogens with one attached hydrogen (secondary N) is 1. The Morgan fingerprint density at radius 3 is 2.40 bits per heavy atom. The van der Waals surface area contributed by atoms with Crippen LogP contribution < -0.4 is 10.1 Å². The number of methoxy groups -OCH3 is 1. The molecule has 0 unspecified atom stereocenters. The van der Waals surface area contributed by atoms with E-state index >= 15 is 0 Å². The maximum atomic E-state index is 12.9. The molecule has 4 nitrogen and oxygen atoms in total. The second-order valence-electron chi connectivity index (χ2n) is 6.02. The lowest BCUT2D eigenvalue weighted by molar-refractivity contribution is 0.102. The Morgan fingerprint density at radius 1 is 1.00 bits per heavy atom. The molecule has 0 saturated carbocycles. The smallest absolute Gasteiger partial charge is 0.259 e. The molecule has 0 aliphatic carbocycles. The summed E-state index contributed by atoms with van der Waals surface area (Å²) in [6.45, 7) is 5.73. The first-order valence-corrected chi connectivity index (χ1v) is 8.12. The molecule has 0 atom stereocenters. The van der Waals surface area contributed by atoms with Crippen molar-refractivity contribution in [3.05, 3.63) is 71.2 Å². The van der Waals surface area contributed by atoms with Crippen molar-refractivity contribution in [3.63, 3.8) is 0 Å². The summed E-state index contributed by atoms with van der Waals surface area (Å²) in [5.74, 6) is 1.83. The molecule has 1 aromatic heterocycles. The van der Waals surface area contributed by atoms with Gasteiger partial charge in [-0.05, 0) is 38.5 Å². The van der Waals surface area contributed by atoms with Crippen LogP contribution >= 0.6 is 0 Å². The van der Waals surface area contributed by atoms with Gasteiger partial charge in [0.2, 0.25) is 0 Å². The molecule has 0 spiro atoms. The Kier molecular flexibility index (Phi) is 4.61. The van der Waals surface area contributed by atoms with Gasteiger partial charge in [0.1, 0.15) is 17.3 Å². The SMILES string of the molecule is COc1cccc(NC(=O)c2c(C)oc(C)c2-c2ccc(C)cc2)c1. The van der Waals surface area contributed by atoms with E-state index in [1.807, 2.05) is 63.2 Å². The minimum absolute atomic E-state index is 0.196. The molecule has 4 heteroatoms. The zero-order valence-corrected chi connectivity index (χ0v) is 14.8. The number of hydrogen-bond donors (Lipinski definition) is 1. The summed E-state index contributed by atoms with van der Waals surface area (Å²) in [6.07, 6.45) is 0. The average Bonchev–Trinajstić information content (AvgIpc) is 2.90. The van der Waals surface area contributed by atoms with Gasteiger partial charge in [-0.2, -0.15) is 0 Å². The Bertz CT molecular complexity index is 907. The van der Waals surface area contributed by atoms with E-state index < -0.39 is 0 Å². The summed E-state index contributed by atoms with van der Waals surface area (Å²) in [5.41, 5.74) is 4.21. The summed E-state index contributed by atoms with van der Waals surface area (Å²) in [4.78, 5) is 12.9. The molecule has 0 radical (unpaired) electrons. The highest BCUT2D eigenvalue weighted by Crippen LogP contribution is 2.33. The maximum Gasteiger partial charge on any atom is 0.259 e. The van der Waals surface area contributed by atoms with Crippen LogP contribution in [0.3, 0.4) is 0 Å². The van der Waals surface area contributed by atoms with Crippen LogP contribution in [0.25, 0.3) is 11.1 Å². The summed E-state index contributed by atoms with van der Waals surface area (Å²) in [7, 11) is 1.60. The normalized spacial score (nSPS) is 10.6. The molecule has 25 heavy (non-hydrogen) atoms. The molecule has 3 aromatic rings. The number of ether oxygens (including phenoxy) is 1. The molecule has 1 amide bonds. The molecule has 0 saturated heterocycles. The number of benzene rings is 2. The Morgan fingerprint density at radius 2 is 1.72 bits per heavy atom. The van der Waals surface area contributed by atoms with Gasteiger partial charge in [-0.1, -0.05) is 35.9 Å². The van der Waals surface area contributed by atoms with Gasteiger partial charge in [-0.15, -0.1) is 0 Å². The quantitative estimate of drug-likeness (QED) is 0.719. The molecule has 0 aliphatic heterocycles. The van der Waals surface area contributed by atoms with Crippen LogP contribution in [-0.2, 0) is 0 Å². The summed E-state index contributed by atoms with van der Waals surface area (Å²) < 4.78 is 11.0. The Hall–Kier alpha value is -3.01. The van der Waals surface area contributed by atoms with Crippen molar-refractivity contribution in [2.45, 2.75) is 20.8 Å². The number of anilines is 1. The number of hydrogen-bond acceptors (Lipinski definition) is 3. The number of aryl methyl sites for hydroxylation is 3. The zero-order chi connectivity index (χ0) is 18.0. The van der Waals surface area contributed by atoms with Crippen LogP contribution in [0.15, 0.2) is 52.9 Å². The zero-order valence-electron chi connectivity index (χ0n) is 14.8. The predicted octanol–water partition coefficient (Wildman–Crippen LogP) is 5.13. The predicted molar refractivity (Wildman–Crippen MR) is 99.3 cm³/mol. The van der Waals surface area contributed by atoms with Crippen molar-refractivity contribution in [2.75, 3.05) is 12.4 Å². The minimum atomic E-state index is -0.196.